The van der Waals surface area contributed by atoms with Gasteiger partial charge < -0.3 is 4.74 Å². The number of benzene rings is 2. The molecule has 2 heterocycles. The van der Waals surface area contributed by atoms with Crippen molar-refractivity contribution in [2.24, 2.45) is 0 Å². The van der Waals surface area contributed by atoms with E-state index >= 15 is 0 Å². The number of alkyl halides is 3. The van der Waals surface area contributed by atoms with Crippen LogP contribution in [0.25, 0.3) is 17.1 Å². The minimum atomic E-state index is -4.69. The number of methoxy groups -OCH3 is 1. The molecule has 0 bridgehead atoms. The van der Waals surface area contributed by atoms with E-state index in [1.54, 1.807) is 0 Å². The van der Waals surface area contributed by atoms with Gasteiger partial charge in [-0.25, -0.2) is 9.18 Å². The number of H-pyrrole nitrogens is 1. The van der Waals surface area contributed by atoms with Crippen molar-refractivity contribution in [1.82, 2.24) is 25.0 Å². The maximum atomic E-state index is 14.2. The summed E-state index contributed by atoms with van der Waals surface area (Å²) in [5.41, 5.74) is -0.722. The van der Waals surface area contributed by atoms with Gasteiger partial charge in [0.25, 0.3) is 5.91 Å². The van der Waals surface area contributed by atoms with Crippen molar-refractivity contribution in [3.8, 4) is 22.8 Å². The van der Waals surface area contributed by atoms with E-state index in [-0.39, 0.29) is 49.9 Å². The first kappa shape index (κ1) is 23.4. The van der Waals surface area contributed by atoms with Crippen LogP contribution in [0.2, 0.25) is 5.02 Å². The third-order valence-electron chi connectivity index (χ3n) is 4.38. The maximum Gasteiger partial charge on any atom is 0.445 e. The van der Waals surface area contributed by atoms with Crippen molar-refractivity contribution >= 4 is 34.0 Å². The Balaban J connectivity index is 1.64. The molecule has 0 aliphatic heterocycles. The molecule has 4 aromatic rings. The number of ether oxygens (including phenoxy) is 1. The minimum absolute atomic E-state index is 0.0177. The number of hydrogen-bond donors (Lipinski definition) is 2. The molecule has 0 aliphatic carbocycles. The molecule has 34 heavy (non-hydrogen) atoms. The zero-order valence-corrected chi connectivity index (χ0v) is 18.3. The Morgan fingerprint density at radius 3 is 2.65 bits per heavy atom. The third-order valence-corrected chi connectivity index (χ3v) is 5.58. The van der Waals surface area contributed by atoms with Crippen molar-refractivity contribution < 1.29 is 27.1 Å². The van der Waals surface area contributed by atoms with Crippen molar-refractivity contribution in [3.05, 3.63) is 68.3 Å². The molecule has 176 valence electrons. The van der Waals surface area contributed by atoms with Crippen LogP contribution in [-0.2, 0) is 6.18 Å². The summed E-state index contributed by atoms with van der Waals surface area (Å²) in [6, 6.07) is 7.90. The highest BCUT2D eigenvalue weighted by Crippen LogP contribution is 2.33. The average molecular weight is 515 g/mol. The Labute approximate surface area is 196 Å². The average Bonchev–Trinajstić information content (AvgIpc) is 3.40. The monoisotopic (exact) mass is 514 g/mol. The van der Waals surface area contributed by atoms with Gasteiger partial charge in [-0.2, -0.15) is 17.9 Å². The number of amides is 1. The second-order valence-corrected chi connectivity index (χ2v) is 7.92. The molecule has 0 atom stereocenters. The summed E-state index contributed by atoms with van der Waals surface area (Å²) >= 11 is 6.18. The molecule has 2 aromatic heterocycles. The number of carbonyl (C=O) groups is 1. The number of aromatic amines is 1. The lowest BCUT2D eigenvalue weighted by atomic mass is 10.1. The van der Waals surface area contributed by atoms with Crippen LogP contribution in [0.4, 0.5) is 22.7 Å². The molecule has 0 spiro atoms. The highest BCUT2D eigenvalue weighted by molar-refractivity contribution is 7.15. The van der Waals surface area contributed by atoms with E-state index < -0.39 is 28.6 Å². The number of nitrogens with zero attached hydrogens (tertiary/aromatic N) is 4. The normalized spacial score (nSPS) is 11.5. The number of rotatable bonds is 5. The van der Waals surface area contributed by atoms with Gasteiger partial charge in [0, 0.05) is 6.07 Å². The Morgan fingerprint density at radius 2 is 2.00 bits per heavy atom. The number of anilines is 1. The van der Waals surface area contributed by atoms with Crippen LogP contribution in [0.5, 0.6) is 5.75 Å². The van der Waals surface area contributed by atoms with Gasteiger partial charge in [0.05, 0.1) is 28.9 Å². The molecule has 0 saturated heterocycles. The third kappa shape index (κ3) is 4.49. The Bertz CT molecular complexity index is 1430. The van der Waals surface area contributed by atoms with Gasteiger partial charge >= 0.3 is 11.9 Å². The SMILES string of the molecule is COc1cc(-n2nc(-c3c(F)cccc3Cl)[nH]c2=O)ccc1C(=O)Nc1nnc(C(F)(F)F)s1. The lowest BCUT2D eigenvalue weighted by Crippen LogP contribution is -2.17. The highest BCUT2D eigenvalue weighted by Gasteiger charge is 2.36. The summed E-state index contributed by atoms with van der Waals surface area (Å²) in [5, 5.41) is 11.0. The van der Waals surface area contributed by atoms with Gasteiger partial charge in [-0.1, -0.05) is 29.0 Å². The zero-order valence-electron chi connectivity index (χ0n) is 16.8. The molecule has 4 rings (SSSR count). The molecule has 1 amide bonds. The summed E-state index contributed by atoms with van der Waals surface area (Å²) in [5.74, 6) is -1.65. The van der Waals surface area contributed by atoms with Crippen molar-refractivity contribution in [2.75, 3.05) is 12.4 Å². The molecular weight excluding hydrogens is 504 g/mol. The quantitative estimate of drug-likeness (QED) is 0.387. The van der Waals surface area contributed by atoms with Crippen LogP contribution >= 0.6 is 22.9 Å². The summed E-state index contributed by atoms with van der Waals surface area (Å²) in [6.07, 6.45) is -4.69. The van der Waals surface area contributed by atoms with E-state index in [1.165, 1.54) is 37.4 Å². The first-order chi connectivity index (χ1) is 16.1. The molecule has 0 radical (unpaired) electrons. The van der Waals surface area contributed by atoms with Gasteiger partial charge in [-0.05, 0) is 24.3 Å². The molecule has 2 N–H and O–H groups in total. The summed E-state index contributed by atoms with van der Waals surface area (Å²) < 4.78 is 58.3. The fourth-order valence-electron chi connectivity index (χ4n) is 2.89. The second-order valence-electron chi connectivity index (χ2n) is 6.54. The van der Waals surface area contributed by atoms with Gasteiger partial charge in [-0.3, -0.25) is 15.1 Å². The standard InChI is InChI=1S/C19H11ClF4N6O3S/c1-33-12-7-8(30-18(32)25-14(29-30)13-10(20)3-2-4-11(13)21)5-6-9(12)15(31)26-17-28-27-16(34-17)19(22,23)24/h2-7H,1H3,(H,25,29,32)(H,26,28,31). The number of hydrogen-bond acceptors (Lipinski definition) is 7. The Morgan fingerprint density at radius 1 is 1.24 bits per heavy atom. The largest absolute Gasteiger partial charge is 0.496 e. The number of carbonyl (C=O) groups excluding carboxylic acids is 1. The summed E-state index contributed by atoms with van der Waals surface area (Å²) in [7, 11) is 1.25. The number of aromatic nitrogens is 5. The van der Waals surface area contributed by atoms with Crippen LogP contribution in [0.1, 0.15) is 15.4 Å². The Kier molecular flexibility index (Phi) is 6.10. The van der Waals surface area contributed by atoms with Gasteiger partial charge in [0.2, 0.25) is 10.1 Å². The lowest BCUT2D eigenvalue weighted by molar-refractivity contribution is -0.138. The fourth-order valence-corrected chi connectivity index (χ4v) is 3.75. The molecule has 2 aromatic carbocycles. The predicted octanol–water partition coefficient (Wildman–Crippen LogP) is 4.15. The smallest absolute Gasteiger partial charge is 0.445 e. The zero-order chi connectivity index (χ0) is 24.6. The number of halogens is 5. The maximum absolute atomic E-state index is 14.2. The molecular formula is C19H11ClF4N6O3S. The summed E-state index contributed by atoms with van der Waals surface area (Å²) in [4.78, 5) is 27.4. The first-order valence-electron chi connectivity index (χ1n) is 9.12. The minimum Gasteiger partial charge on any atom is -0.496 e. The molecule has 0 saturated carbocycles. The van der Waals surface area contributed by atoms with Crippen LogP contribution in [0, 0.1) is 5.82 Å². The molecule has 0 unspecified atom stereocenters. The van der Waals surface area contributed by atoms with E-state index in [2.05, 4.69) is 25.6 Å². The topological polar surface area (TPSA) is 115 Å². The summed E-state index contributed by atoms with van der Waals surface area (Å²) in [6.45, 7) is 0. The number of nitrogens with one attached hydrogen (secondary N) is 2. The van der Waals surface area contributed by atoms with Crippen LogP contribution < -0.4 is 15.7 Å². The van der Waals surface area contributed by atoms with E-state index in [0.717, 1.165) is 10.7 Å². The van der Waals surface area contributed by atoms with Crippen molar-refractivity contribution in [1.29, 1.82) is 0 Å². The van der Waals surface area contributed by atoms with Gasteiger partial charge in [0.15, 0.2) is 5.82 Å². The molecule has 0 aliphatic rings. The molecule has 9 nitrogen and oxygen atoms in total. The highest BCUT2D eigenvalue weighted by atomic mass is 35.5. The van der Waals surface area contributed by atoms with Crippen LogP contribution in [-0.4, -0.2) is 38.0 Å². The predicted molar refractivity (Wildman–Crippen MR) is 114 cm³/mol. The first-order valence-corrected chi connectivity index (χ1v) is 10.3. The van der Waals surface area contributed by atoms with Gasteiger partial charge in [0.1, 0.15) is 11.6 Å². The van der Waals surface area contributed by atoms with Crippen molar-refractivity contribution in [2.45, 2.75) is 6.18 Å². The molecule has 0 fully saturated rings. The van der Waals surface area contributed by atoms with Crippen LogP contribution in [0.15, 0.2) is 41.2 Å². The second kappa shape index (κ2) is 8.87. The molecule has 15 heteroatoms. The van der Waals surface area contributed by atoms with E-state index in [9.17, 15) is 27.2 Å². The van der Waals surface area contributed by atoms with E-state index in [1.807, 2.05) is 0 Å². The van der Waals surface area contributed by atoms with E-state index in [0.29, 0.717) is 0 Å². The van der Waals surface area contributed by atoms with Gasteiger partial charge in [-0.15, -0.1) is 15.3 Å². The van der Waals surface area contributed by atoms with Crippen molar-refractivity contribution in [3.63, 3.8) is 0 Å². The fraction of sp³-hybridized carbons (Fsp3) is 0.105. The lowest BCUT2D eigenvalue weighted by Gasteiger charge is -2.09. The van der Waals surface area contributed by atoms with E-state index in [4.69, 9.17) is 16.3 Å². The Hall–Kier alpha value is -3.78. The van der Waals surface area contributed by atoms with Crippen LogP contribution in [0.3, 0.4) is 0 Å².